The van der Waals surface area contributed by atoms with Gasteiger partial charge < -0.3 is 24.3 Å². The van der Waals surface area contributed by atoms with Crippen molar-refractivity contribution in [2.75, 3.05) is 13.2 Å². The van der Waals surface area contributed by atoms with Crippen LogP contribution in [0.2, 0.25) is 0 Å². The standard InChI is InChI=1S/C28H27F2N3O5/c1-17-9-10-37-23-15-32-14-22(27(35)31-13-19-7-8-20(29)12-21(30)11-19)25(34)26(24(32)28(36)33(17)23)38-16-18-5-3-2-4-6-18/h2-8,12,14,17,23H,9-11,13,15-16H2,1H3,(H,31,35)/t17-,23?/m1/s1. The van der Waals surface area contributed by atoms with Gasteiger partial charge in [-0.15, -0.1) is 0 Å². The van der Waals surface area contributed by atoms with Gasteiger partial charge in [0.2, 0.25) is 5.43 Å². The SMILES string of the molecule is C[C@@H]1CCOC2Cn3cc(C(=O)NCC4=CC=C(F)C=C(F)C4)c(=O)c(OCc4ccccc4)c3C(=O)N21. The second kappa shape index (κ2) is 10.7. The Bertz CT molecular complexity index is 1410. The monoisotopic (exact) mass is 523 g/mol. The van der Waals surface area contributed by atoms with E-state index in [1.807, 2.05) is 37.3 Å². The van der Waals surface area contributed by atoms with Crippen LogP contribution in [0, 0.1) is 0 Å². The van der Waals surface area contributed by atoms with Crippen molar-refractivity contribution in [3.8, 4) is 5.75 Å². The summed E-state index contributed by atoms with van der Waals surface area (Å²) in [5, 5.41) is 2.61. The number of halogens is 2. The molecule has 1 unspecified atom stereocenters. The first-order valence-corrected chi connectivity index (χ1v) is 12.4. The predicted octanol–water partition coefficient (Wildman–Crippen LogP) is 3.78. The van der Waals surface area contributed by atoms with Crippen LogP contribution in [0.3, 0.4) is 0 Å². The fourth-order valence-corrected chi connectivity index (χ4v) is 4.80. The third-order valence-electron chi connectivity index (χ3n) is 6.77. The third-order valence-corrected chi connectivity index (χ3v) is 6.77. The van der Waals surface area contributed by atoms with E-state index in [0.717, 1.165) is 17.7 Å². The van der Waals surface area contributed by atoms with Crippen molar-refractivity contribution in [1.29, 1.82) is 0 Å². The molecule has 2 aromatic rings. The van der Waals surface area contributed by atoms with Crippen LogP contribution < -0.4 is 15.5 Å². The number of pyridine rings is 1. The number of rotatable bonds is 6. The van der Waals surface area contributed by atoms with E-state index in [9.17, 15) is 23.2 Å². The molecule has 3 aliphatic rings. The topological polar surface area (TPSA) is 89.9 Å². The number of aromatic nitrogens is 1. The van der Waals surface area contributed by atoms with Gasteiger partial charge in [0.25, 0.3) is 11.8 Å². The van der Waals surface area contributed by atoms with Gasteiger partial charge in [0.15, 0.2) is 17.7 Å². The molecule has 1 aliphatic carbocycles. The second-order valence-electron chi connectivity index (χ2n) is 9.48. The van der Waals surface area contributed by atoms with Crippen LogP contribution in [0.15, 0.2) is 76.8 Å². The third kappa shape index (κ3) is 5.17. The van der Waals surface area contributed by atoms with Gasteiger partial charge in [0, 0.05) is 31.3 Å². The molecule has 10 heteroatoms. The summed E-state index contributed by atoms with van der Waals surface area (Å²) in [4.78, 5) is 41.9. The summed E-state index contributed by atoms with van der Waals surface area (Å²) >= 11 is 0. The van der Waals surface area contributed by atoms with Crippen molar-refractivity contribution in [3.63, 3.8) is 0 Å². The van der Waals surface area contributed by atoms with Crippen molar-refractivity contribution in [3.05, 3.63) is 99.0 Å². The van der Waals surface area contributed by atoms with E-state index in [1.165, 1.54) is 16.8 Å². The van der Waals surface area contributed by atoms with E-state index in [-0.39, 0.29) is 49.2 Å². The number of carbonyl (C=O) groups is 2. The van der Waals surface area contributed by atoms with Gasteiger partial charge in [-0.25, -0.2) is 8.78 Å². The Hall–Kier alpha value is -4.05. The first kappa shape index (κ1) is 25.6. The largest absolute Gasteiger partial charge is 0.483 e. The minimum atomic E-state index is -0.728. The van der Waals surface area contributed by atoms with E-state index < -0.39 is 35.1 Å². The number of nitrogens with zero attached hydrogens (tertiary/aromatic N) is 2. The van der Waals surface area contributed by atoms with E-state index in [1.54, 1.807) is 4.90 Å². The molecule has 198 valence electrons. The Morgan fingerprint density at radius 1 is 1.18 bits per heavy atom. The lowest BCUT2D eigenvalue weighted by Gasteiger charge is -2.44. The highest BCUT2D eigenvalue weighted by atomic mass is 19.1. The Morgan fingerprint density at radius 2 is 1.97 bits per heavy atom. The molecule has 8 nitrogen and oxygen atoms in total. The Morgan fingerprint density at radius 3 is 2.76 bits per heavy atom. The quantitative estimate of drug-likeness (QED) is 0.623. The Balaban J connectivity index is 1.48. The van der Waals surface area contributed by atoms with Crippen molar-refractivity contribution in [2.45, 2.75) is 45.2 Å². The predicted molar refractivity (Wildman–Crippen MR) is 135 cm³/mol. The minimum Gasteiger partial charge on any atom is -0.483 e. The summed E-state index contributed by atoms with van der Waals surface area (Å²) in [5.41, 5.74) is 0.318. The van der Waals surface area contributed by atoms with Crippen LogP contribution in [-0.4, -0.2) is 46.7 Å². The van der Waals surface area contributed by atoms with Crippen LogP contribution in [-0.2, 0) is 17.9 Å². The maximum Gasteiger partial charge on any atom is 0.276 e. The maximum absolute atomic E-state index is 13.8. The number of hydrogen-bond donors (Lipinski definition) is 1. The number of benzene rings is 1. The molecule has 1 N–H and O–H groups in total. The van der Waals surface area contributed by atoms with Gasteiger partial charge in [-0.2, -0.15) is 0 Å². The van der Waals surface area contributed by atoms with E-state index in [0.29, 0.717) is 18.6 Å². The molecule has 38 heavy (non-hydrogen) atoms. The molecule has 2 amide bonds. The summed E-state index contributed by atoms with van der Waals surface area (Å²) in [6, 6.07) is 9.07. The van der Waals surface area contributed by atoms with Crippen molar-refractivity contribution >= 4 is 11.8 Å². The highest BCUT2D eigenvalue weighted by molar-refractivity contribution is 5.99. The molecule has 3 heterocycles. The number of ether oxygens (including phenoxy) is 2. The normalized spacial score (nSPS) is 20.9. The first-order chi connectivity index (χ1) is 18.3. The number of hydrogen-bond acceptors (Lipinski definition) is 5. The van der Waals surface area contributed by atoms with E-state index in [4.69, 9.17) is 9.47 Å². The average molecular weight is 524 g/mol. The average Bonchev–Trinajstić information content (AvgIpc) is 3.06. The second-order valence-corrected chi connectivity index (χ2v) is 9.48. The smallest absolute Gasteiger partial charge is 0.276 e. The fraction of sp³-hybridized carbons (Fsp3) is 0.321. The number of nitrogens with one attached hydrogen (secondary N) is 1. The highest BCUT2D eigenvalue weighted by Crippen LogP contribution is 2.30. The molecule has 1 fully saturated rings. The van der Waals surface area contributed by atoms with Gasteiger partial charge in [0.1, 0.15) is 23.8 Å². The molecule has 2 aliphatic heterocycles. The van der Waals surface area contributed by atoms with Gasteiger partial charge >= 0.3 is 0 Å². The summed E-state index contributed by atoms with van der Waals surface area (Å²) < 4.78 is 40.6. The molecule has 5 rings (SSSR count). The maximum atomic E-state index is 13.8. The lowest BCUT2D eigenvalue weighted by atomic mass is 10.1. The van der Waals surface area contributed by atoms with Crippen LogP contribution >= 0.6 is 0 Å². The van der Waals surface area contributed by atoms with Crippen LogP contribution in [0.5, 0.6) is 5.75 Å². The first-order valence-electron chi connectivity index (χ1n) is 12.4. The zero-order valence-corrected chi connectivity index (χ0v) is 20.8. The van der Waals surface area contributed by atoms with E-state index >= 15 is 0 Å². The summed E-state index contributed by atoms with van der Waals surface area (Å²) in [5.74, 6) is -2.74. The van der Waals surface area contributed by atoms with Gasteiger partial charge in [-0.05, 0) is 30.6 Å². The molecule has 1 aromatic carbocycles. The lowest BCUT2D eigenvalue weighted by Crippen LogP contribution is -2.57. The molecule has 1 saturated heterocycles. The molecule has 0 saturated carbocycles. The molecular weight excluding hydrogens is 496 g/mol. The van der Waals surface area contributed by atoms with Gasteiger partial charge in [-0.3, -0.25) is 14.4 Å². The molecule has 1 aromatic heterocycles. The Kier molecular flexibility index (Phi) is 7.24. The van der Waals surface area contributed by atoms with E-state index in [2.05, 4.69) is 5.32 Å². The molecule has 0 spiro atoms. The number of carbonyl (C=O) groups excluding carboxylic acids is 2. The molecule has 2 atom stereocenters. The van der Waals surface area contributed by atoms with Crippen LogP contribution in [0.4, 0.5) is 8.78 Å². The summed E-state index contributed by atoms with van der Waals surface area (Å²) in [6.45, 7) is 2.56. The highest BCUT2D eigenvalue weighted by Gasteiger charge is 2.41. The van der Waals surface area contributed by atoms with Crippen molar-refractivity contribution in [2.24, 2.45) is 0 Å². The number of allylic oxidation sites excluding steroid dienone is 5. The van der Waals surface area contributed by atoms with Crippen molar-refractivity contribution < 1.29 is 27.8 Å². The molecular formula is C28H27F2N3O5. The minimum absolute atomic E-state index is 0.0211. The van der Waals surface area contributed by atoms with Crippen molar-refractivity contribution in [1.82, 2.24) is 14.8 Å². The lowest BCUT2D eigenvalue weighted by molar-refractivity contribution is -0.112. The molecule has 0 radical (unpaired) electrons. The zero-order chi connectivity index (χ0) is 26.8. The number of amides is 2. The van der Waals surface area contributed by atoms with Gasteiger partial charge in [0.05, 0.1) is 13.2 Å². The van der Waals surface area contributed by atoms with Gasteiger partial charge in [-0.1, -0.05) is 36.4 Å². The fourth-order valence-electron chi connectivity index (χ4n) is 4.80. The Labute approximate surface area is 217 Å². The number of fused-ring (bicyclic) bond motifs is 2. The van der Waals surface area contributed by atoms with Crippen LogP contribution in [0.25, 0.3) is 0 Å². The van der Waals surface area contributed by atoms with Crippen LogP contribution in [0.1, 0.15) is 46.2 Å². The summed E-state index contributed by atoms with van der Waals surface area (Å²) in [7, 11) is 0. The molecule has 0 bridgehead atoms. The zero-order valence-electron chi connectivity index (χ0n) is 20.8. The summed E-state index contributed by atoms with van der Waals surface area (Å²) in [6.07, 6.45) is 4.58.